The summed E-state index contributed by atoms with van der Waals surface area (Å²) in [4.78, 5) is 28.5. The third-order valence-corrected chi connectivity index (χ3v) is 5.76. The quantitative estimate of drug-likeness (QED) is 0.574. The molecule has 33 heavy (non-hydrogen) atoms. The van der Waals surface area contributed by atoms with Crippen LogP contribution in [0.4, 0.5) is 0 Å². The van der Waals surface area contributed by atoms with E-state index in [1.165, 1.54) is 0 Å². The number of Topliss-reactive ketones (excluding diaryl/α,β-unsaturated/α-hetero) is 1. The predicted molar refractivity (Wildman–Crippen MR) is 126 cm³/mol. The number of rotatable bonds is 6. The number of nitrogens with two attached hydrogens (primary N) is 1. The summed E-state index contributed by atoms with van der Waals surface area (Å²) in [7, 11) is 0. The number of pyridine rings is 1. The van der Waals surface area contributed by atoms with Gasteiger partial charge in [0.2, 0.25) is 5.91 Å². The van der Waals surface area contributed by atoms with Gasteiger partial charge in [-0.15, -0.1) is 0 Å². The van der Waals surface area contributed by atoms with Crippen LogP contribution in [0.25, 0.3) is 0 Å². The van der Waals surface area contributed by atoms with Crippen LogP contribution in [0.5, 0.6) is 11.5 Å². The van der Waals surface area contributed by atoms with Gasteiger partial charge in [0.05, 0.1) is 12.2 Å². The van der Waals surface area contributed by atoms with Crippen molar-refractivity contribution in [1.29, 1.82) is 0 Å². The summed E-state index contributed by atoms with van der Waals surface area (Å²) in [5.41, 5.74) is 10.9. The third-order valence-electron chi connectivity index (χ3n) is 5.76. The molecule has 0 spiro atoms. The lowest BCUT2D eigenvalue weighted by atomic mass is 9.93. The molecule has 2 aromatic carbocycles. The first kappa shape index (κ1) is 22.5. The number of aromatic nitrogens is 1. The zero-order valence-electron chi connectivity index (χ0n) is 19.3. The van der Waals surface area contributed by atoms with Crippen LogP contribution in [0.15, 0.2) is 48.5 Å². The second-order valence-corrected chi connectivity index (χ2v) is 8.70. The van der Waals surface area contributed by atoms with E-state index >= 15 is 0 Å². The van der Waals surface area contributed by atoms with Gasteiger partial charge in [-0.05, 0) is 61.7 Å². The second kappa shape index (κ2) is 9.06. The summed E-state index contributed by atoms with van der Waals surface area (Å²) in [6, 6.07) is 14.7. The van der Waals surface area contributed by atoms with Crippen molar-refractivity contribution in [3.8, 4) is 11.5 Å². The van der Waals surface area contributed by atoms with Gasteiger partial charge in [-0.25, -0.2) is 0 Å². The fraction of sp³-hybridized carbons (Fsp3) is 0.296. The number of aryl methyl sites for hydroxylation is 2. The lowest BCUT2D eigenvalue weighted by Crippen LogP contribution is -2.19. The number of carbonyl (C=O) groups is 2. The molecule has 0 saturated carbocycles. The summed E-state index contributed by atoms with van der Waals surface area (Å²) >= 11 is 0. The van der Waals surface area contributed by atoms with Crippen LogP contribution >= 0.6 is 0 Å². The van der Waals surface area contributed by atoms with Crippen LogP contribution in [0, 0.1) is 13.8 Å². The summed E-state index contributed by atoms with van der Waals surface area (Å²) in [5, 5.41) is 0. The van der Waals surface area contributed by atoms with Gasteiger partial charge in [0.1, 0.15) is 17.6 Å². The van der Waals surface area contributed by atoms with Crippen LogP contribution in [0.2, 0.25) is 0 Å². The number of primary amides is 1. The van der Waals surface area contributed by atoms with Crippen LogP contribution < -0.4 is 15.2 Å². The minimum atomic E-state index is -0.479. The van der Waals surface area contributed by atoms with E-state index in [-0.39, 0.29) is 11.7 Å². The van der Waals surface area contributed by atoms with Gasteiger partial charge >= 0.3 is 0 Å². The topological polar surface area (TPSA) is 91.5 Å². The maximum atomic E-state index is 12.4. The predicted octanol–water partition coefficient (Wildman–Crippen LogP) is 5.05. The average molecular weight is 445 g/mol. The normalized spacial score (nSPS) is 13.9. The van der Waals surface area contributed by atoms with Crippen molar-refractivity contribution in [3.05, 3.63) is 87.7 Å². The van der Waals surface area contributed by atoms with Crippen LogP contribution in [-0.2, 0) is 0 Å². The van der Waals surface area contributed by atoms with Gasteiger partial charge in [-0.3, -0.25) is 14.6 Å². The fourth-order valence-corrected chi connectivity index (χ4v) is 4.28. The Balaban J connectivity index is 1.83. The zero-order chi connectivity index (χ0) is 23.7. The Morgan fingerprint density at radius 2 is 1.70 bits per heavy atom. The monoisotopic (exact) mass is 444 g/mol. The minimum absolute atomic E-state index is 0.0830. The Morgan fingerprint density at radius 1 is 1.03 bits per heavy atom. The largest absolute Gasteiger partial charge is 0.492 e. The highest BCUT2D eigenvalue weighted by molar-refractivity contribution is 6.00. The number of hydrogen-bond acceptors (Lipinski definition) is 5. The second-order valence-electron chi connectivity index (χ2n) is 8.70. The van der Waals surface area contributed by atoms with E-state index in [2.05, 4.69) is 18.8 Å². The molecule has 2 N–H and O–H groups in total. The number of carbonyl (C=O) groups excluding carboxylic acids is 2. The first-order valence-electron chi connectivity index (χ1n) is 11.1. The van der Waals surface area contributed by atoms with Gasteiger partial charge < -0.3 is 15.2 Å². The van der Waals surface area contributed by atoms with Crippen molar-refractivity contribution >= 4 is 11.7 Å². The van der Waals surface area contributed by atoms with Crippen molar-refractivity contribution in [2.24, 2.45) is 5.73 Å². The number of benzene rings is 2. The smallest absolute Gasteiger partial charge is 0.248 e. The first-order chi connectivity index (χ1) is 15.7. The van der Waals surface area contributed by atoms with E-state index in [9.17, 15) is 9.59 Å². The number of ketones is 1. The molecular weight excluding hydrogens is 416 g/mol. The summed E-state index contributed by atoms with van der Waals surface area (Å²) in [5.74, 6) is 0.967. The van der Waals surface area contributed by atoms with Gasteiger partial charge in [0.15, 0.2) is 5.78 Å². The summed E-state index contributed by atoms with van der Waals surface area (Å²) in [6.45, 7) is 8.38. The molecule has 0 aliphatic carbocycles. The van der Waals surface area contributed by atoms with E-state index in [1.54, 1.807) is 18.2 Å². The van der Waals surface area contributed by atoms with Crippen molar-refractivity contribution < 1.29 is 19.1 Å². The molecule has 0 unspecified atom stereocenters. The van der Waals surface area contributed by atoms with Crippen LogP contribution in [0.3, 0.4) is 0 Å². The van der Waals surface area contributed by atoms with Crippen molar-refractivity contribution in [1.82, 2.24) is 4.98 Å². The molecule has 6 nitrogen and oxygen atoms in total. The maximum Gasteiger partial charge on any atom is 0.248 e. The molecule has 3 aromatic rings. The molecule has 170 valence electrons. The number of amides is 1. The summed E-state index contributed by atoms with van der Waals surface area (Å²) in [6.07, 6.45) is -0.0723. The molecule has 4 rings (SSSR count). The number of nitrogens with zero attached hydrogens (tertiary/aromatic N) is 1. The minimum Gasteiger partial charge on any atom is -0.492 e. The Bertz CT molecular complexity index is 1200. The lowest BCUT2D eigenvalue weighted by Gasteiger charge is -2.27. The van der Waals surface area contributed by atoms with Crippen molar-refractivity contribution in [2.45, 2.75) is 46.1 Å². The van der Waals surface area contributed by atoms with E-state index in [0.29, 0.717) is 35.7 Å². The third kappa shape index (κ3) is 4.60. The number of ether oxygens (including phenoxy) is 2. The van der Waals surface area contributed by atoms with Gasteiger partial charge in [0.25, 0.3) is 0 Å². The maximum absolute atomic E-state index is 12.4. The first-order valence-corrected chi connectivity index (χ1v) is 11.1. The van der Waals surface area contributed by atoms with E-state index < -0.39 is 12.0 Å². The van der Waals surface area contributed by atoms with Crippen molar-refractivity contribution in [2.75, 3.05) is 6.61 Å². The molecule has 1 aliphatic rings. The Hall–Kier alpha value is -3.67. The average Bonchev–Trinajstić information content (AvgIpc) is 2.76. The van der Waals surface area contributed by atoms with Gasteiger partial charge in [-0.2, -0.15) is 0 Å². The molecule has 1 amide bonds. The number of fused-ring (bicyclic) bond motifs is 1. The molecule has 6 heteroatoms. The zero-order valence-corrected chi connectivity index (χ0v) is 19.3. The van der Waals surface area contributed by atoms with E-state index in [0.717, 1.165) is 28.1 Å². The molecule has 1 aromatic heterocycles. The Labute approximate surface area is 193 Å². The Morgan fingerprint density at radius 3 is 2.30 bits per heavy atom. The van der Waals surface area contributed by atoms with Crippen LogP contribution in [-0.4, -0.2) is 23.3 Å². The number of hydrogen-bond donors (Lipinski definition) is 1. The van der Waals surface area contributed by atoms with E-state index in [1.807, 2.05) is 44.2 Å². The van der Waals surface area contributed by atoms with E-state index in [4.69, 9.17) is 15.2 Å². The molecule has 0 saturated heterocycles. The molecule has 0 radical (unpaired) electrons. The van der Waals surface area contributed by atoms with Gasteiger partial charge in [-0.1, -0.05) is 26.0 Å². The highest BCUT2D eigenvalue weighted by Gasteiger charge is 2.28. The molecular formula is C27H28N2O4. The Kier molecular flexibility index (Phi) is 6.18. The lowest BCUT2D eigenvalue weighted by molar-refractivity contribution is 0.0930. The van der Waals surface area contributed by atoms with Gasteiger partial charge in [0, 0.05) is 34.5 Å². The summed E-state index contributed by atoms with van der Waals surface area (Å²) < 4.78 is 12.6. The molecule has 0 bridgehead atoms. The highest BCUT2D eigenvalue weighted by atomic mass is 16.5. The SMILES string of the molecule is Cc1cc([C@H](Oc2ccc3c(c2C(C)C)OCCC3=O)c2ccc(C(N)=O)cc2)cc(C)n1. The molecule has 0 fully saturated rings. The van der Waals surface area contributed by atoms with Crippen LogP contribution in [0.1, 0.15) is 81.1 Å². The molecule has 1 aliphatic heterocycles. The highest BCUT2D eigenvalue weighted by Crippen LogP contribution is 2.42. The standard InChI is InChI=1S/C27H28N2O4/c1-15(2)24-23(10-9-21-22(30)11-12-32-26(21)24)33-25(20-13-16(3)29-17(4)14-20)18-5-7-19(8-6-18)27(28)31/h5-10,13-15,25H,11-12H2,1-4H3,(H2,28,31)/t25-/m1/s1. The molecule has 1 atom stereocenters. The molecule has 2 heterocycles. The van der Waals surface area contributed by atoms with Crippen molar-refractivity contribution in [3.63, 3.8) is 0 Å². The fourth-order valence-electron chi connectivity index (χ4n) is 4.28.